The predicted octanol–water partition coefficient (Wildman–Crippen LogP) is 1.89. The van der Waals surface area contributed by atoms with Gasteiger partial charge >= 0.3 is 0 Å². The van der Waals surface area contributed by atoms with Crippen molar-refractivity contribution in [3.8, 4) is 11.3 Å². The van der Waals surface area contributed by atoms with Gasteiger partial charge in [-0.3, -0.25) is 14.6 Å². The lowest BCUT2D eigenvalue weighted by Crippen LogP contribution is -2.31. The Morgan fingerprint density at radius 3 is 2.64 bits per heavy atom. The van der Waals surface area contributed by atoms with Crippen molar-refractivity contribution in [1.29, 1.82) is 0 Å². The van der Waals surface area contributed by atoms with Gasteiger partial charge < -0.3 is 10.4 Å². The third kappa shape index (κ3) is 3.32. The lowest BCUT2D eigenvalue weighted by atomic mass is 10.1. The fourth-order valence-corrected chi connectivity index (χ4v) is 2.87. The molecule has 0 aliphatic carbocycles. The lowest BCUT2D eigenvalue weighted by Gasteiger charge is -2.15. The van der Waals surface area contributed by atoms with Crippen LogP contribution in [0.4, 0.5) is 0 Å². The number of nitrogens with one attached hydrogen (secondary N) is 2. The first-order chi connectivity index (χ1) is 12.0. The van der Waals surface area contributed by atoms with Crippen molar-refractivity contribution < 1.29 is 9.90 Å². The molecule has 3 aromatic rings. The largest absolute Gasteiger partial charge is 0.394 e. The first kappa shape index (κ1) is 16.9. The van der Waals surface area contributed by atoms with Crippen LogP contribution in [-0.2, 0) is 7.05 Å². The van der Waals surface area contributed by atoms with Crippen molar-refractivity contribution in [2.45, 2.75) is 19.9 Å². The molecule has 2 aromatic heterocycles. The van der Waals surface area contributed by atoms with Gasteiger partial charge in [0.25, 0.3) is 5.91 Å². The number of aromatic nitrogens is 4. The van der Waals surface area contributed by atoms with Gasteiger partial charge in [-0.25, -0.2) is 0 Å². The highest BCUT2D eigenvalue weighted by atomic mass is 16.3. The summed E-state index contributed by atoms with van der Waals surface area (Å²) in [5.74, 6) is -0.319. The van der Waals surface area contributed by atoms with Gasteiger partial charge in [0.2, 0.25) is 0 Å². The summed E-state index contributed by atoms with van der Waals surface area (Å²) in [6, 6.07) is 10.6. The molecule has 1 aromatic carbocycles. The molecule has 7 nitrogen and oxygen atoms in total. The van der Waals surface area contributed by atoms with Crippen molar-refractivity contribution in [3.63, 3.8) is 0 Å². The standard InChI is InChI=1S/C18H21N5O2/c1-11-17(12(2)23(3)22-11)14-9-15(21-20-14)18(25)19-16(10-24)13-7-5-4-6-8-13/h4-9,16,24H,10H2,1-3H3,(H,19,25)(H,20,21)/t16-/m0/s1. The van der Waals surface area contributed by atoms with Crippen molar-refractivity contribution in [2.24, 2.45) is 7.05 Å². The smallest absolute Gasteiger partial charge is 0.269 e. The minimum atomic E-state index is -0.470. The Morgan fingerprint density at radius 1 is 1.32 bits per heavy atom. The summed E-state index contributed by atoms with van der Waals surface area (Å²) >= 11 is 0. The summed E-state index contributed by atoms with van der Waals surface area (Å²) in [5.41, 5.74) is 4.61. The number of rotatable bonds is 5. The highest BCUT2D eigenvalue weighted by Gasteiger charge is 2.19. The van der Waals surface area contributed by atoms with Gasteiger partial charge in [0.05, 0.1) is 24.0 Å². The van der Waals surface area contributed by atoms with Crippen LogP contribution < -0.4 is 5.32 Å². The van der Waals surface area contributed by atoms with Crippen LogP contribution in [0.3, 0.4) is 0 Å². The molecule has 1 amide bonds. The Kier molecular flexibility index (Phi) is 4.67. The molecule has 0 fully saturated rings. The van der Waals surface area contributed by atoms with E-state index in [1.54, 1.807) is 10.7 Å². The summed E-state index contributed by atoms with van der Waals surface area (Å²) < 4.78 is 1.79. The summed E-state index contributed by atoms with van der Waals surface area (Å²) in [4.78, 5) is 12.5. The molecule has 2 heterocycles. The first-order valence-electron chi connectivity index (χ1n) is 8.04. The highest BCUT2D eigenvalue weighted by molar-refractivity contribution is 5.93. The average Bonchev–Trinajstić information content (AvgIpc) is 3.18. The van der Waals surface area contributed by atoms with Crippen LogP contribution in [0, 0.1) is 13.8 Å². The number of H-pyrrole nitrogens is 1. The summed E-state index contributed by atoms with van der Waals surface area (Å²) in [6.07, 6.45) is 0. The monoisotopic (exact) mass is 339 g/mol. The van der Waals surface area contributed by atoms with Crippen molar-refractivity contribution in [1.82, 2.24) is 25.3 Å². The number of aromatic amines is 1. The van der Waals surface area contributed by atoms with E-state index in [0.717, 1.165) is 22.5 Å². The number of aliphatic hydroxyl groups excluding tert-OH is 1. The number of amides is 1. The van der Waals surface area contributed by atoms with Crippen molar-refractivity contribution >= 4 is 5.91 Å². The quantitative estimate of drug-likeness (QED) is 0.661. The zero-order valence-corrected chi connectivity index (χ0v) is 14.4. The fraction of sp³-hybridized carbons (Fsp3) is 0.278. The van der Waals surface area contributed by atoms with Gasteiger partial charge in [-0.1, -0.05) is 30.3 Å². The van der Waals surface area contributed by atoms with E-state index in [9.17, 15) is 9.90 Å². The molecule has 0 aliphatic heterocycles. The minimum absolute atomic E-state index is 0.183. The fourth-order valence-electron chi connectivity index (χ4n) is 2.87. The second-order valence-electron chi connectivity index (χ2n) is 5.96. The molecule has 3 N–H and O–H groups in total. The maximum Gasteiger partial charge on any atom is 0.269 e. The van der Waals surface area contributed by atoms with E-state index < -0.39 is 6.04 Å². The van der Waals surface area contributed by atoms with E-state index in [1.165, 1.54) is 0 Å². The van der Waals surface area contributed by atoms with Crippen LogP contribution in [0.1, 0.15) is 33.5 Å². The molecule has 25 heavy (non-hydrogen) atoms. The van der Waals surface area contributed by atoms with Crippen LogP contribution >= 0.6 is 0 Å². The molecule has 0 saturated carbocycles. The summed E-state index contributed by atoms with van der Waals surface area (Å²) in [5, 5.41) is 23.8. The molecular formula is C18H21N5O2. The Balaban J connectivity index is 1.81. The molecule has 1 atom stereocenters. The van der Waals surface area contributed by atoms with Gasteiger partial charge in [0, 0.05) is 18.3 Å². The zero-order chi connectivity index (χ0) is 18.0. The Hall–Kier alpha value is -2.93. The molecule has 130 valence electrons. The number of benzene rings is 1. The van der Waals surface area contributed by atoms with Gasteiger partial charge in [0.15, 0.2) is 0 Å². The molecule has 0 spiro atoms. The number of nitrogens with zero attached hydrogens (tertiary/aromatic N) is 3. The van der Waals surface area contributed by atoms with E-state index >= 15 is 0 Å². The van der Waals surface area contributed by atoms with Crippen LogP contribution in [0.25, 0.3) is 11.3 Å². The zero-order valence-electron chi connectivity index (χ0n) is 14.4. The topological polar surface area (TPSA) is 95.8 Å². The van der Waals surface area contributed by atoms with Crippen LogP contribution in [0.5, 0.6) is 0 Å². The van der Waals surface area contributed by atoms with Gasteiger partial charge in [-0.2, -0.15) is 10.2 Å². The van der Waals surface area contributed by atoms with E-state index in [2.05, 4.69) is 20.6 Å². The van der Waals surface area contributed by atoms with Gasteiger partial charge in [-0.05, 0) is 25.5 Å². The molecule has 0 aliphatic rings. The van der Waals surface area contributed by atoms with E-state index in [1.807, 2.05) is 51.2 Å². The number of carbonyl (C=O) groups excluding carboxylic acids is 1. The van der Waals surface area contributed by atoms with Crippen LogP contribution in [-0.4, -0.2) is 37.6 Å². The SMILES string of the molecule is Cc1nn(C)c(C)c1-c1cc(C(=O)N[C@@H](CO)c2ccccc2)[nH]n1. The summed E-state index contributed by atoms with van der Waals surface area (Å²) in [7, 11) is 1.87. The number of hydrogen-bond donors (Lipinski definition) is 3. The Labute approximate surface area is 145 Å². The third-order valence-electron chi connectivity index (χ3n) is 4.28. The molecule has 3 rings (SSSR count). The Morgan fingerprint density at radius 2 is 2.04 bits per heavy atom. The second kappa shape index (κ2) is 6.90. The van der Waals surface area contributed by atoms with E-state index in [4.69, 9.17) is 0 Å². The van der Waals surface area contributed by atoms with E-state index in [0.29, 0.717) is 11.4 Å². The normalized spacial score (nSPS) is 12.2. The number of hydrogen-bond acceptors (Lipinski definition) is 4. The molecule has 0 saturated heterocycles. The summed E-state index contributed by atoms with van der Waals surface area (Å²) in [6.45, 7) is 3.69. The third-order valence-corrected chi connectivity index (χ3v) is 4.28. The first-order valence-corrected chi connectivity index (χ1v) is 8.04. The number of carbonyl (C=O) groups is 1. The minimum Gasteiger partial charge on any atom is -0.394 e. The van der Waals surface area contributed by atoms with Crippen molar-refractivity contribution in [3.05, 3.63) is 59.0 Å². The molecule has 0 unspecified atom stereocenters. The molecule has 0 bridgehead atoms. The van der Waals surface area contributed by atoms with Crippen LogP contribution in [0.2, 0.25) is 0 Å². The second-order valence-corrected chi connectivity index (χ2v) is 5.96. The van der Waals surface area contributed by atoms with Gasteiger partial charge in [-0.15, -0.1) is 0 Å². The molecular weight excluding hydrogens is 318 g/mol. The number of aliphatic hydroxyl groups is 1. The average molecular weight is 339 g/mol. The van der Waals surface area contributed by atoms with Crippen LogP contribution in [0.15, 0.2) is 36.4 Å². The maximum absolute atomic E-state index is 12.5. The molecule has 0 radical (unpaired) electrons. The Bertz CT molecular complexity index is 882. The van der Waals surface area contributed by atoms with Gasteiger partial charge in [0.1, 0.15) is 5.69 Å². The van der Waals surface area contributed by atoms with E-state index in [-0.39, 0.29) is 12.5 Å². The maximum atomic E-state index is 12.5. The lowest BCUT2D eigenvalue weighted by molar-refractivity contribution is 0.0911. The number of aryl methyl sites for hydroxylation is 2. The van der Waals surface area contributed by atoms with Crippen molar-refractivity contribution in [2.75, 3.05) is 6.61 Å². The highest BCUT2D eigenvalue weighted by Crippen LogP contribution is 2.25. The predicted molar refractivity (Wildman–Crippen MR) is 94.0 cm³/mol. The molecule has 7 heteroatoms.